The molecule has 0 aliphatic carbocycles. The zero-order valence-electron chi connectivity index (χ0n) is 15.4. The average Bonchev–Trinajstić information content (AvgIpc) is 2.63. The summed E-state index contributed by atoms with van der Waals surface area (Å²) in [6.45, 7) is 6.39. The molecule has 1 aliphatic rings. The van der Waals surface area contributed by atoms with Gasteiger partial charge in [0.05, 0.1) is 18.8 Å². The second-order valence-corrected chi connectivity index (χ2v) is 6.63. The van der Waals surface area contributed by atoms with Gasteiger partial charge in [-0.25, -0.2) is 0 Å². The number of fused-ring (bicyclic) bond motifs is 1. The van der Waals surface area contributed by atoms with Crippen molar-refractivity contribution in [2.24, 2.45) is 0 Å². The molecule has 0 bridgehead atoms. The molecule has 5 nitrogen and oxygen atoms in total. The van der Waals surface area contributed by atoms with Gasteiger partial charge in [0.1, 0.15) is 11.9 Å². The van der Waals surface area contributed by atoms with Gasteiger partial charge in [0.25, 0.3) is 0 Å². The molecule has 5 heteroatoms. The van der Waals surface area contributed by atoms with Crippen molar-refractivity contribution >= 4 is 23.1 Å². The highest BCUT2D eigenvalue weighted by atomic mass is 16.5. The average molecular weight is 352 g/mol. The first-order valence-corrected chi connectivity index (χ1v) is 8.90. The van der Waals surface area contributed by atoms with Gasteiger partial charge in [-0.15, -0.1) is 0 Å². The molecule has 2 aromatic carbocycles. The molecule has 1 atom stereocenters. The van der Waals surface area contributed by atoms with Crippen LogP contribution in [-0.4, -0.2) is 30.9 Å². The Balaban J connectivity index is 1.82. The van der Waals surface area contributed by atoms with Crippen LogP contribution in [0.5, 0.6) is 5.75 Å². The van der Waals surface area contributed by atoms with E-state index in [-0.39, 0.29) is 24.3 Å². The van der Waals surface area contributed by atoms with Crippen molar-refractivity contribution in [1.29, 1.82) is 0 Å². The number of rotatable bonds is 5. The summed E-state index contributed by atoms with van der Waals surface area (Å²) in [6.07, 6.45) is 0.876. The van der Waals surface area contributed by atoms with Gasteiger partial charge in [0, 0.05) is 11.3 Å². The van der Waals surface area contributed by atoms with Gasteiger partial charge < -0.3 is 15.0 Å². The lowest BCUT2D eigenvalue weighted by Crippen LogP contribution is -2.43. The normalized spacial score (nSPS) is 15.8. The topological polar surface area (TPSA) is 58.6 Å². The molecule has 3 rings (SSSR count). The van der Waals surface area contributed by atoms with Crippen LogP contribution in [0.2, 0.25) is 0 Å². The molecule has 1 heterocycles. The van der Waals surface area contributed by atoms with Gasteiger partial charge in [-0.2, -0.15) is 0 Å². The molecule has 0 saturated carbocycles. The number of benzene rings is 2. The smallest absolute Gasteiger partial charge is 0.243 e. The fraction of sp³-hybridized carbons (Fsp3) is 0.333. The summed E-state index contributed by atoms with van der Waals surface area (Å²) >= 11 is 0. The number of nitrogens with one attached hydrogen (secondary N) is 1. The summed E-state index contributed by atoms with van der Waals surface area (Å²) in [4.78, 5) is 26.3. The van der Waals surface area contributed by atoms with Crippen molar-refractivity contribution < 1.29 is 14.3 Å². The van der Waals surface area contributed by atoms with Crippen LogP contribution in [0.15, 0.2) is 42.5 Å². The highest BCUT2D eigenvalue weighted by molar-refractivity contribution is 5.97. The molecule has 0 fully saturated rings. The number of para-hydroxylation sites is 1. The maximum atomic E-state index is 12.6. The third-order valence-corrected chi connectivity index (χ3v) is 4.63. The van der Waals surface area contributed by atoms with Gasteiger partial charge in [0.15, 0.2) is 5.78 Å². The first kappa shape index (κ1) is 18.0. The molecule has 1 unspecified atom stereocenters. The van der Waals surface area contributed by atoms with E-state index < -0.39 is 0 Å². The first-order chi connectivity index (χ1) is 12.5. The predicted molar refractivity (Wildman–Crippen MR) is 103 cm³/mol. The quantitative estimate of drug-likeness (QED) is 0.831. The minimum Gasteiger partial charge on any atom is -0.486 e. The van der Waals surface area contributed by atoms with E-state index >= 15 is 0 Å². The molecule has 26 heavy (non-hydrogen) atoms. The van der Waals surface area contributed by atoms with Gasteiger partial charge >= 0.3 is 0 Å². The van der Waals surface area contributed by atoms with Crippen molar-refractivity contribution in [3.63, 3.8) is 0 Å². The zero-order chi connectivity index (χ0) is 18.7. The summed E-state index contributed by atoms with van der Waals surface area (Å²) in [5.74, 6) is 0.627. The number of carbonyl (C=O) groups excluding carboxylic acids is 2. The van der Waals surface area contributed by atoms with Gasteiger partial charge in [-0.3, -0.25) is 9.59 Å². The lowest BCUT2D eigenvalue weighted by molar-refractivity contribution is -0.115. The van der Waals surface area contributed by atoms with Crippen molar-refractivity contribution in [1.82, 2.24) is 0 Å². The number of Topliss-reactive ketones (excluding diaryl/α,β-unsaturated/α-hetero) is 1. The number of hydrogen-bond donors (Lipinski definition) is 1. The number of carbonyl (C=O) groups is 2. The Bertz CT molecular complexity index is 832. The van der Waals surface area contributed by atoms with Crippen LogP contribution in [0, 0.1) is 6.92 Å². The van der Waals surface area contributed by atoms with Gasteiger partial charge in [-0.1, -0.05) is 25.1 Å². The molecular formula is C21H24N2O3. The summed E-state index contributed by atoms with van der Waals surface area (Å²) in [7, 11) is 0. The van der Waals surface area contributed by atoms with E-state index in [4.69, 9.17) is 4.74 Å². The largest absolute Gasteiger partial charge is 0.486 e. The molecule has 1 N–H and O–H groups in total. The molecule has 1 amide bonds. The third kappa shape index (κ3) is 3.87. The van der Waals surface area contributed by atoms with Crippen LogP contribution in [0.3, 0.4) is 0 Å². The van der Waals surface area contributed by atoms with Crippen LogP contribution in [0.4, 0.5) is 11.4 Å². The van der Waals surface area contributed by atoms with E-state index in [1.54, 1.807) is 6.07 Å². The Kier molecular flexibility index (Phi) is 5.26. The van der Waals surface area contributed by atoms with E-state index in [2.05, 4.69) is 12.2 Å². The zero-order valence-corrected chi connectivity index (χ0v) is 15.4. The Hall–Kier alpha value is -2.82. The molecular weight excluding hydrogens is 328 g/mol. The van der Waals surface area contributed by atoms with Crippen LogP contribution < -0.4 is 15.0 Å². The van der Waals surface area contributed by atoms with Gasteiger partial charge in [0.2, 0.25) is 5.91 Å². The predicted octanol–water partition coefficient (Wildman–Crippen LogP) is 3.81. The van der Waals surface area contributed by atoms with Crippen LogP contribution >= 0.6 is 0 Å². The molecule has 0 aromatic heterocycles. The minimum atomic E-state index is -0.0877. The monoisotopic (exact) mass is 352 g/mol. The Morgan fingerprint density at radius 3 is 2.69 bits per heavy atom. The van der Waals surface area contributed by atoms with E-state index in [0.29, 0.717) is 12.1 Å². The highest BCUT2D eigenvalue weighted by Crippen LogP contribution is 2.35. The van der Waals surface area contributed by atoms with E-state index in [0.717, 1.165) is 29.1 Å². The number of amides is 1. The summed E-state index contributed by atoms with van der Waals surface area (Å²) in [5.41, 5.74) is 3.25. The summed E-state index contributed by atoms with van der Waals surface area (Å²) < 4.78 is 5.98. The maximum absolute atomic E-state index is 12.6. The van der Waals surface area contributed by atoms with Crippen molar-refractivity contribution in [2.45, 2.75) is 33.3 Å². The lowest BCUT2D eigenvalue weighted by Gasteiger charge is -2.35. The van der Waals surface area contributed by atoms with Crippen LogP contribution in [0.1, 0.15) is 36.2 Å². The van der Waals surface area contributed by atoms with E-state index in [1.165, 1.54) is 6.92 Å². The number of ether oxygens (including phenoxy) is 1. The van der Waals surface area contributed by atoms with Crippen molar-refractivity contribution in [2.75, 3.05) is 23.3 Å². The second-order valence-electron chi connectivity index (χ2n) is 6.63. The summed E-state index contributed by atoms with van der Waals surface area (Å²) in [5, 5.41) is 2.97. The number of anilines is 2. The number of hydrogen-bond acceptors (Lipinski definition) is 4. The van der Waals surface area contributed by atoms with E-state index in [9.17, 15) is 9.59 Å². The first-order valence-electron chi connectivity index (χ1n) is 8.90. The molecule has 0 radical (unpaired) electrons. The fourth-order valence-electron chi connectivity index (χ4n) is 3.08. The maximum Gasteiger partial charge on any atom is 0.243 e. The van der Waals surface area contributed by atoms with Gasteiger partial charge in [-0.05, 0) is 50.1 Å². The fourth-order valence-corrected chi connectivity index (χ4v) is 3.08. The minimum absolute atomic E-state index is 0.00488. The summed E-state index contributed by atoms with van der Waals surface area (Å²) in [6, 6.07) is 13.1. The van der Waals surface area contributed by atoms with Crippen LogP contribution in [-0.2, 0) is 4.79 Å². The SMILES string of the molecule is CCC1CN(CC(=O)Nc2ccccc2C)c2cc(C(C)=O)ccc2O1. The van der Waals surface area contributed by atoms with Crippen LogP contribution in [0.25, 0.3) is 0 Å². The number of aryl methyl sites for hydroxylation is 1. The van der Waals surface area contributed by atoms with E-state index in [1.807, 2.05) is 48.2 Å². The number of ketones is 1. The Morgan fingerprint density at radius 1 is 1.23 bits per heavy atom. The lowest BCUT2D eigenvalue weighted by atomic mass is 10.1. The molecule has 2 aromatic rings. The van der Waals surface area contributed by atoms with Crippen molar-refractivity contribution in [3.8, 4) is 5.75 Å². The Morgan fingerprint density at radius 2 is 2.00 bits per heavy atom. The highest BCUT2D eigenvalue weighted by Gasteiger charge is 2.27. The second kappa shape index (κ2) is 7.60. The standard InChI is InChI=1S/C21H24N2O3/c1-4-17-12-23(13-21(25)22-18-8-6-5-7-14(18)2)19-11-16(15(3)24)9-10-20(19)26-17/h5-11,17H,4,12-13H2,1-3H3,(H,22,25). The molecule has 136 valence electrons. The third-order valence-electron chi connectivity index (χ3n) is 4.63. The molecule has 1 aliphatic heterocycles. The number of nitrogens with zero attached hydrogens (tertiary/aromatic N) is 1. The molecule has 0 spiro atoms. The Labute approximate surface area is 154 Å². The molecule has 0 saturated heterocycles. The van der Waals surface area contributed by atoms with Crippen molar-refractivity contribution in [3.05, 3.63) is 53.6 Å².